The summed E-state index contributed by atoms with van der Waals surface area (Å²) in [5.74, 6) is 2.73. The highest BCUT2D eigenvalue weighted by molar-refractivity contribution is 7.99. The number of aromatic nitrogens is 1. The molecule has 0 aliphatic heterocycles. The SMILES string of the molecule is CCCNc1cc(C(=O)NC(C)CSCC)ccn1. The summed E-state index contributed by atoms with van der Waals surface area (Å²) in [6.07, 6.45) is 2.70. The highest BCUT2D eigenvalue weighted by Gasteiger charge is 2.10. The predicted molar refractivity (Wildman–Crippen MR) is 82.9 cm³/mol. The minimum Gasteiger partial charge on any atom is -0.370 e. The van der Waals surface area contributed by atoms with Crippen molar-refractivity contribution in [3.05, 3.63) is 23.9 Å². The molecule has 5 heteroatoms. The Morgan fingerprint density at radius 2 is 2.26 bits per heavy atom. The summed E-state index contributed by atoms with van der Waals surface area (Å²) in [4.78, 5) is 16.3. The zero-order valence-corrected chi connectivity index (χ0v) is 12.7. The van der Waals surface area contributed by atoms with Crippen molar-refractivity contribution in [1.82, 2.24) is 10.3 Å². The smallest absolute Gasteiger partial charge is 0.251 e. The number of rotatable bonds is 8. The van der Waals surface area contributed by atoms with Crippen molar-refractivity contribution in [2.75, 3.05) is 23.4 Å². The molecule has 0 aliphatic rings. The Balaban J connectivity index is 2.56. The molecule has 1 amide bonds. The Morgan fingerprint density at radius 1 is 1.47 bits per heavy atom. The maximum atomic E-state index is 12.1. The summed E-state index contributed by atoms with van der Waals surface area (Å²) < 4.78 is 0. The summed E-state index contributed by atoms with van der Waals surface area (Å²) in [5.41, 5.74) is 0.655. The van der Waals surface area contributed by atoms with Crippen molar-refractivity contribution < 1.29 is 4.79 Å². The number of amides is 1. The van der Waals surface area contributed by atoms with Crippen LogP contribution in [-0.4, -0.2) is 35.0 Å². The van der Waals surface area contributed by atoms with E-state index in [1.165, 1.54) is 0 Å². The largest absolute Gasteiger partial charge is 0.370 e. The number of nitrogens with zero attached hydrogens (tertiary/aromatic N) is 1. The topological polar surface area (TPSA) is 54.0 Å². The van der Waals surface area contributed by atoms with Crippen molar-refractivity contribution in [2.45, 2.75) is 33.2 Å². The quantitative estimate of drug-likeness (QED) is 0.769. The molecule has 1 unspecified atom stereocenters. The lowest BCUT2D eigenvalue weighted by molar-refractivity contribution is 0.0943. The van der Waals surface area contributed by atoms with Crippen LogP contribution in [-0.2, 0) is 0 Å². The lowest BCUT2D eigenvalue weighted by Gasteiger charge is -2.13. The Morgan fingerprint density at radius 3 is 2.95 bits per heavy atom. The minimum absolute atomic E-state index is 0.0360. The molecule has 0 aliphatic carbocycles. The van der Waals surface area contributed by atoms with Crippen molar-refractivity contribution >= 4 is 23.5 Å². The van der Waals surface area contributed by atoms with E-state index in [0.717, 1.165) is 30.3 Å². The Labute approximate surface area is 119 Å². The van der Waals surface area contributed by atoms with E-state index in [1.54, 1.807) is 18.3 Å². The van der Waals surface area contributed by atoms with Crippen molar-refractivity contribution in [1.29, 1.82) is 0 Å². The molecule has 0 saturated carbocycles. The van der Waals surface area contributed by atoms with Gasteiger partial charge >= 0.3 is 0 Å². The van der Waals surface area contributed by atoms with Gasteiger partial charge in [0.05, 0.1) is 0 Å². The number of hydrogen-bond donors (Lipinski definition) is 2. The van der Waals surface area contributed by atoms with Crippen LogP contribution < -0.4 is 10.6 Å². The third-order valence-corrected chi connectivity index (χ3v) is 3.67. The predicted octanol–water partition coefficient (Wildman–Crippen LogP) is 2.77. The molecule has 0 spiro atoms. The molecule has 1 aromatic heterocycles. The molecule has 1 atom stereocenters. The molecule has 4 nitrogen and oxygen atoms in total. The van der Waals surface area contributed by atoms with Gasteiger partial charge in [-0.15, -0.1) is 0 Å². The summed E-state index contributed by atoms with van der Waals surface area (Å²) in [6, 6.07) is 3.72. The Bertz CT molecular complexity index is 398. The number of carbonyl (C=O) groups is 1. The molecule has 0 radical (unpaired) electrons. The normalized spacial score (nSPS) is 11.9. The van der Waals surface area contributed by atoms with Crippen LogP contribution in [0, 0.1) is 0 Å². The molecule has 1 aromatic rings. The highest BCUT2D eigenvalue weighted by atomic mass is 32.2. The van der Waals surface area contributed by atoms with Gasteiger partial charge in [0.15, 0.2) is 0 Å². The van der Waals surface area contributed by atoms with Gasteiger partial charge in [-0.2, -0.15) is 11.8 Å². The van der Waals surface area contributed by atoms with Gasteiger partial charge in [0.2, 0.25) is 0 Å². The van der Waals surface area contributed by atoms with Crippen LogP contribution in [0.5, 0.6) is 0 Å². The van der Waals surface area contributed by atoms with Gasteiger partial charge < -0.3 is 10.6 Å². The first-order valence-corrected chi connectivity index (χ1v) is 7.91. The molecule has 0 aromatic carbocycles. The monoisotopic (exact) mass is 281 g/mol. The summed E-state index contributed by atoms with van der Waals surface area (Å²) in [7, 11) is 0. The van der Waals surface area contributed by atoms with Crippen LogP contribution in [0.4, 0.5) is 5.82 Å². The van der Waals surface area contributed by atoms with Gasteiger partial charge in [-0.1, -0.05) is 13.8 Å². The number of carbonyl (C=O) groups excluding carboxylic acids is 1. The molecule has 0 bridgehead atoms. The van der Waals surface area contributed by atoms with E-state index >= 15 is 0 Å². The zero-order valence-electron chi connectivity index (χ0n) is 11.9. The first-order chi connectivity index (χ1) is 9.17. The molecule has 19 heavy (non-hydrogen) atoms. The van der Waals surface area contributed by atoms with Crippen LogP contribution in [0.1, 0.15) is 37.6 Å². The molecule has 1 rings (SSSR count). The molecule has 2 N–H and O–H groups in total. The fourth-order valence-corrected chi connectivity index (χ4v) is 2.24. The zero-order chi connectivity index (χ0) is 14.1. The Hall–Kier alpha value is -1.23. The molecular weight excluding hydrogens is 258 g/mol. The molecule has 106 valence electrons. The molecular formula is C14H23N3OS. The summed E-state index contributed by atoms with van der Waals surface area (Å²) in [6.45, 7) is 7.10. The number of hydrogen-bond acceptors (Lipinski definition) is 4. The second-order valence-corrected chi connectivity index (χ2v) is 5.71. The van der Waals surface area contributed by atoms with Crippen molar-refractivity contribution in [3.63, 3.8) is 0 Å². The first kappa shape index (κ1) is 15.8. The summed E-state index contributed by atoms with van der Waals surface area (Å²) in [5, 5.41) is 6.18. The van der Waals surface area contributed by atoms with E-state index in [0.29, 0.717) is 5.56 Å². The summed E-state index contributed by atoms with van der Waals surface area (Å²) >= 11 is 1.83. The lowest BCUT2D eigenvalue weighted by Crippen LogP contribution is -2.34. The molecule has 1 heterocycles. The fraction of sp³-hybridized carbons (Fsp3) is 0.571. The van der Waals surface area contributed by atoms with Gasteiger partial charge in [-0.3, -0.25) is 4.79 Å². The van der Waals surface area contributed by atoms with E-state index < -0.39 is 0 Å². The second kappa shape index (κ2) is 8.80. The number of pyridine rings is 1. The maximum absolute atomic E-state index is 12.1. The second-order valence-electron chi connectivity index (χ2n) is 4.39. The standard InChI is InChI=1S/C14H23N3OS/c1-4-7-15-13-9-12(6-8-16-13)14(18)17-11(3)10-19-5-2/h6,8-9,11H,4-5,7,10H2,1-3H3,(H,15,16)(H,17,18). The van der Waals surface area contributed by atoms with Crippen molar-refractivity contribution in [3.8, 4) is 0 Å². The Kier molecular flexibility index (Phi) is 7.33. The minimum atomic E-state index is -0.0360. The first-order valence-electron chi connectivity index (χ1n) is 6.75. The number of anilines is 1. The van der Waals surface area contributed by atoms with Gasteiger partial charge in [-0.25, -0.2) is 4.98 Å². The third-order valence-electron chi connectivity index (χ3n) is 2.53. The number of thioether (sulfide) groups is 1. The van der Waals surface area contributed by atoms with Crippen LogP contribution in [0.3, 0.4) is 0 Å². The highest BCUT2D eigenvalue weighted by Crippen LogP contribution is 2.08. The average Bonchev–Trinajstić information content (AvgIpc) is 2.43. The molecule has 0 saturated heterocycles. The average molecular weight is 281 g/mol. The van der Waals surface area contributed by atoms with E-state index in [9.17, 15) is 4.79 Å². The number of nitrogens with one attached hydrogen (secondary N) is 2. The van der Waals surface area contributed by atoms with Gasteiger partial charge in [0.1, 0.15) is 5.82 Å². The van der Waals surface area contributed by atoms with E-state index in [2.05, 4.69) is 29.5 Å². The van der Waals surface area contributed by atoms with Crippen LogP contribution in [0.25, 0.3) is 0 Å². The molecule has 0 fully saturated rings. The lowest BCUT2D eigenvalue weighted by atomic mass is 10.2. The van der Waals surface area contributed by atoms with Gasteiger partial charge in [0.25, 0.3) is 5.91 Å². The van der Waals surface area contributed by atoms with Crippen LogP contribution >= 0.6 is 11.8 Å². The van der Waals surface area contributed by atoms with Gasteiger partial charge in [-0.05, 0) is 31.2 Å². The van der Waals surface area contributed by atoms with Crippen LogP contribution in [0.15, 0.2) is 18.3 Å². The fourth-order valence-electron chi connectivity index (χ4n) is 1.56. The van der Waals surface area contributed by atoms with E-state index in [4.69, 9.17) is 0 Å². The van der Waals surface area contributed by atoms with Crippen molar-refractivity contribution in [2.24, 2.45) is 0 Å². The van der Waals surface area contributed by atoms with E-state index in [1.807, 2.05) is 18.7 Å². The van der Waals surface area contributed by atoms with E-state index in [-0.39, 0.29) is 11.9 Å². The maximum Gasteiger partial charge on any atom is 0.251 e. The van der Waals surface area contributed by atoms with Gasteiger partial charge in [0, 0.05) is 30.1 Å². The third kappa shape index (κ3) is 5.96. The van der Waals surface area contributed by atoms with Crippen LogP contribution in [0.2, 0.25) is 0 Å².